The van der Waals surface area contributed by atoms with Crippen LogP contribution in [-0.2, 0) is 6.42 Å². The lowest BCUT2D eigenvalue weighted by Gasteiger charge is -2.11. The van der Waals surface area contributed by atoms with E-state index in [1.165, 1.54) is 18.3 Å². The molecule has 0 saturated heterocycles. The third kappa shape index (κ3) is 3.09. The van der Waals surface area contributed by atoms with Gasteiger partial charge in [0.25, 0.3) is 5.88 Å². The van der Waals surface area contributed by atoms with Crippen LogP contribution in [0.1, 0.15) is 10.6 Å². The van der Waals surface area contributed by atoms with Crippen LogP contribution in [0, 0.1) is 6.92 Å². The number of hydrazine groups is 1. The van der Waals surface area contributed by atoms with Gasteiger partial charge in [0.15, 0.2) is 5.82 Å². The highest BCUT2D eigenvalue weighted by Gasteiger charge is 2.12. The molecular formula is C11H15N5O2S. The Morgan fingerprint density at radius 2 is 2.21 bits per heavy atom. The number of ether oxygens (including phenoxy) is 2. The number of thiazole rings is 1. The van der Waals surface area contributed by atoms with Crippen LogP contribution in [-0.4, -0.2) is 28.7 Å². The van der Waals surface area contributed by atoms with Crippen molar-refractivity contribution >= 4 is 17.2 Å². The fourth-order valence-corrected chi connectivity index (χ4v) is 2.32. The van der Waals surface area contributed by atoms with Crippen molar-refractivity contribution in [1.82, 2.24) is 15.0 Å². The van der Waals surface area contributed by atoms with Crippen molar-refractivity contribution in [2.24, 2.45) is 5.84 Å². The summed E-state index contributed by atoms with van der Waals surface area (Å²) >= 11 is 1.61. The van der Waals surface area contributed by atoms with Crippen LogP contribution in [0.4, 0.5) is 5.82 Å². The van der Waals surface area contributed by atoms with Gasteiger partial charge in [-0.3, -0.25) is 0 Å². The summed E-state index contributed by atoms with van der Waals surface area (Å²) in [5, 5.41) is 0. The highest BCUT2D eigenvalue weighted by atomic mass is 32.1. The molecule has 0 bridgehead atoms. The SMILES string of the molecule is COc1c(NN)ncnc1OCCc1scnc1C. The van der Waals surface area contributed by atoms with Crippen LogP contribution >= 0.6 is 11.3 Å². The number of hydrogen-bond donors (Lipinski definition) is 2. The number of hydrogen-bond acceptors (Lipinski definition) is 8. The van der Waals surface area contributed by atoms with Gasteiger partial charge in [-0.25, -0.2) is 15.8 Å². The van der Waals surface area contributed by atoms with E-state index in [2.05, 4.69) is 20.4 Å². The molecule has 2 heterocycles. The van der Waals surface area contributed by atoms with E-state index in [4.69, 9.17) is 15.3 Å². The minimum atomic E-state index is 0.368. The third-order valence-electron chi connectivity index (χ3n) is 2.52. The second kappa shape index (κ2) is 6.30. The zero-order valence-corrected chi connectivity index (χ0v) is 11.5. The second-order valence-corrected chi connectivity index (χ2v) is 4.60. The van der Waals surface area contributed by atoms with Crippen molar-refractivity contribution in [2.45, 2.75) is 13.3 Å². The van der Waals surface area contributed by atoms with Gasteiger partial charge < -0.3 is 14.9 Å². The maximum atomic E-state index is 5.61. The molecule has 0 aromatic carbocycles. The summed E-state index contributed by atoms with van der Waals surface area (Å²) in [7, 11) is 1.51. The van der Waals surface area contributed by atoms with Gasteiger partial charge in [0.2, 0.25) is 5.75 Å². The van der Waals surface area contributed by atoms with Crippen LogP contribution in [0.2, 0.25) is 0 Å². The Labute approximate surface area is 114 Å². The highest BCUT2D eigenvalue weighted by molar-refractivity contribution is 7.09. The average molecular weight is 281 g/mol. The van der Waals surface area contributed by atoms with Gasteiger partial charge in [-0.1, -0.05) is 0 Å². The van der Waals surface area contributed by atoms with Gasteiger partial charge >= 0.3 is 0 Å². The van der Waals surface area contributed by atoms with E-state index in [1.54, 1.807) is 11.3 Å². The fraction of sp³-hybridized carbons (Fsp3) is 0.364. The van der Waals surface area contributed by atoms with Gasteiger partial charge in [0.05, 0.1) is 24.9 Å². The van der Waals surface area contributed by atoms with Crippen LogP contribution in [0.3, 0.4) is 0 Å². The monoisotopic (exact) mass is 281 g/mol. The lowest BCUT2D eigenvalue weighted by Crippen LogP contribution is -2.12. The molecule has 19 heavy (non-hydrogen) atoms. The van der Waals surface area contributed by atoms with Crippen LogP contribution in [0.15, 0.2) is 11.8 Å². The predicted molar refractivity (Wildman–Crippen MR) is 72.4 cm³/mol. The molecule has 102 valence electrons. The van der Waals surface area contributed by atoms with Crippen molar-refractivity contribution in [3.8, 4) is 11.6 Å². The summed E-state index contributed by atoms with van der Waals surface area (Å²) in [4.78, 5) is 13.4. The zero-order valence-electron chi connectivity index (χ0n) is 10.7. The van der Waals surface area contributed by atoms with E-state index < -0.39 is 0 Å². The van der Waals surface area contributed by atoms with Crippen LogP contribution < -0.4 is 20.7 Å². The molecule has 0 aliphatic carbocycles. The number of aryl methyl sites for hydroxylation is 1. The van der Waals surface area contributed by atoms with E-state index in [-0.39, 0.29) is 0 Å². The summed E-state index contributed by atoms with van der Waals surface area (Å²) < 4.78 is 10.8. The van der Waals surface area contributed by atoms with Gasteiger partial charge in [-0.05, 0) is 6.92 Å². The third-order valence-corrected chi connectivity index (χ3v) is 3.52. The van der Waals surface area contributed by atoms with Gasteiger partial charge in [-0.15, -0.1) is 11.3 Å². The van der Waals surface area contributed by atoms with E-state index in [1.807, 2.05) is 12.4 Å². The van der Waals surface area contributed by atoms with E-state index in [0.717, 1.165) is 12.1 Å². The number of anilines is 1. The predicted octanol–water partition coefficient (Wildman–Crippen LogP) is 1.16. The van der Waals surface area contributed by atoms with Crippen molar-refractivity contribution in [2.75, 3.05) is 19.1 Å². The van der Waals surface area contributed by atoms with Crippen molar-refractivity contribution in [3.63, 3.8) is 0 Å². The smallest absolute Gasteiger partial charge is 0.262 e. The van der Waals surface area contributed by atoms with Crippen molar-refractivity contribution < 1.29 is 9.47 Å². The number of nitrogens with two attached hydrogens (primary N) is 1. The molecule has 2 rings (SSSR count). The zero-order chi connectivity index (χ0) is 13.7. The molecular weight excluding hydrogens is 266 g/mol. The van der Waals surface area contributed by atoms with E-state index in [0.29, 0.717) is 24.1 Å². The Morgan fingerprint density at radius 3 is 2.84 bits per heavy atom. The first-order chi connectivity index (χ1) is 9.26. The molecule has 7 nitrogen and oxygen atoms in total. The normalized spacial score (nSPS) is 10.3. The van der Waals surface area contributed by atoms with Crippen LogP contribution in [0.25, 0.3) is 0 Å². The molecule has 0 unspecified atom stereocenters. The number of nitrogens with one attached hydrogen (secondary N) is 1. The Hall–Kier alpha value is -1.93. The Balaban J connectivity index is 2.01. The summed E-state index contributed by atoms with van der Waals surface area (Å²) in [5.74, 6) is 6.49. The molecule has 0 atom stereocenters. The average Bonchev–Trinajstić information content (AvgIpc) is 2.84. The lowest BCUT2D eigenvalue weighted by atomic mass is 10.3. The van der Waals surface area contributed by atoms with Gasteiger partial charge in [0.1, 0.15) is 6.33 Å². The molecule has 0 radical (unpaired) electrons. The Bertz CT molecular complexity index is 546. The van der Waals surface area contributed by atoms with Gasteiger partial charge in [-0.2, -0.15) is 4.98 Å². The fourth-order valence-electron chi connectivity index (χ4n) is 1.55. The number of aromatic nitrogens is 3. The molecule has 0 fully saturated rings. The molecule has 2 aromatic rings. The molecule has 8 heteroatoms. The van der Waals surface area contributed by atoms with E-state index in [9.17, 15) is 0 Å². The molecule has 0 aliphatic rings. The number of nitrogen functional groups attached to an aromatic ring is 1. The Morgan fingerprint density at radius 1 is 1.37 bits per heavy atom. The first-order valence-corrected chi connectivity index (χ1v) is 6.51. The van der Waals surface area contributed by atoms with Crippen molar-refractivity contribution in [1.29, 1.82) is 0 Å². The minimum absolute atomic E-state index is 0.368. The number of nitrogens with zero attached hydrogens (tertiary/aromatic N) is 3. The topological polar surface area (TPSA) is 95.2 Å². The lowest BCUT2D eigenvalue weighted by molar-refractivity contribution is 0.285. The molecule has 3 N–H and O–H groups in total. The Kier molecular flexibility index (Phi) is 4.48. The standard InChI is InChI=1S/C11H15N5O2S/c1-7-8(19-6-15-7)3-4-18-11-9(17-2)10(16-12)13-5-14-11/h5-6H,3-4,12H2,1-2H3,(H,13,14,16). The molecule has 0 aliphatic heterocycles. The first kappa shape index (κ1) is 13.5. The summed E-state index contributed by atoms with van der Waals surface area (Å²) in [6, 6.07) is 0. The van der Waals surface area contributed by atoms with Gasteiger partial charge in [0, 0.05) is 11.3 Å². The van der Waals surface area contributed by atoms with Crippen LogP contribution in [0.5, 0.6) is 11.6 Å². The quantitative estimate of drug-likeness (QED) is 0.606. The van der Waals surface area contributed by atoms with Crippen molar-refractivity contribution in [3.05, 3.63) is 22.4 Å². The second-order valence-electron chi connectivity index (χ2n) is 3.66. The summed E-state index contributed by atoms with van der Waals surface area (Å²) in [6.07, 6.45) is 2.14. The highest BCUT2D eigenvalue weighted by Crippen LogP contribution is 2.30. The maximum Gasteiger partial charge on any atom is 0.262 e. The molecule has 0 spiro atoms. The molecule has 0 amide bonds. The molecule has 0 saturated carbocycles. The largest absolute Gasteiger partial charge is 0.489 e. The number of rotatable bonds is 6. The summed E-state index contributed by atoms with van der Waals surface area (Å²) in [5.41, 5.74) is 5.30. The maximum absolute atomic E-state index is 5.61. The van der Waals surface area contributed by atoms with E-state index >= 15 is 0 Å². The number of methoxy groups -OCH3 is 1. The minimum Gasteiger partial charge on any atom is -0.489 e. The molecule has 2 aromatic heterocycles. The first-order valence-electron chi connectivity index (χ1n) is 5.63. The summed E-state index contributed by atoms with van der Waals surface area (Å²) in [6.45, 7) is 2.47.